The van der Waals surface area contributed by atoms with Crippen LogP contribution in [0, 0.1) is 0 Å². The van der Waals surface area contributed by atoms with Gasteiger partial charge >= 0.3 is 0 Å². The molecule has 0 amide bonds. The van der Waals surface area contributed by atoms with Crippen LogP contribution in [0.4, 0.5) is 0 Å². The van der Waals surface area contributed by atoms with Gasteiger partial charge in [0.15, 0.2) is 0 Å². The van der Waals surface area contributed by atoms with Crippen molar-refractivity contribution in [1.82, 2.24) is 4.90 Å². The minimum absolute atomic E-state index is 0.468. The summed E-state index contributed by atoms with van der Waals surface area (Å²) >= 11 is 0. The number of hydrogen-bond acceptors (Lipinski definition) is 2. The van der Waals surface area contributed by atoms with Crippen molar-refractivity contribution >= 4 is 0 Å². The molecule has 2 aromatic carbocycles. The molecule has 110 valence electrons. The van der Waals surface area contributed by atoms with E-state index in [9.17, 15) is 0 Å². The lowest BCUT2D eigenvalue weighted by atomic mass is 9.94. The lowest BCUT2D eigenvalue weighted by molar-refractivity contribution is 0.138. The maximum Gasteiger partial charge on any atom is 0.123 e. The summed E-state index contributed by atoms with van der Waals surface area (Å²) in [6.07, 6.45) is 3.81. The second-order valence-electron chi connectivity index (χ2n) is 5.71. The van der Waals surface area contributed by atoms with E-state index in [0.29, 0.717) is 6.04 Å². The van der Waals surface area contributed by atoms with E-state index in [1.165, 1.54) is 30.4 Å². The first-order chi connectivity index (χ1) is 10.4. The quantitative estimate of drug-likeness (QED) is 0.822. The van der Waals surface area contributed by atoms with Crippen LogP contribution in [0.2, 0.25) is 0 Å². The van der Waals surface area contributed by atoms with Gasteiger partial charge in [0.05, 0.1) is 7.11 Å². The maximum absolute atomic E-state index is 5.57. The molecule has 3 rings (SSSR count). The first-order valence-electron chi connectivity index (χ1n) is 7.79. The van der Waals surface area contributed by atoms with Crippen molar-refractivity contribution in [2.24, 2.45) is 0 Å². The van der Waals surface area contributed by atoms with E-state index in [1.54, 1.807) is 7.11 Å². The molecule has 1 atom stereocenters. The largest absolute Gasteiger partial charge is 0.496 e. The Labute approximate surface area is 127 Å². The zero-order valence-electron chi connectivity index (χ0n) is 12.7. The number of piperidine rings is 1. The highest BCUT2D eigenvalue weighted by molar-refractivity contribution is 5.36. The van der Waals surface area contributed by atoms with E-state index in [4.69, 9.17) is 4.74 Å². The Bertz CT molecular complexity index is 567. The molecule has 0 aromatic heterocycles. The fourth-order valence-corrected chi connectivity index (χ4v) is 3.29. The summed E-state index contributed by atoms with van der Waals surface area (Å²) in [5, 5.41) is 0. The van der Waals surface area contributed by atoms with Crippen molar-refractivity contribution in [3.05, 3.63) is 65.7 Å². The highest BCUT2D eigenvalue weighted by Gasteiger charge is 2.26. The van der Waals surface area contributed by atoms with Gasteiger partial charge in [0.25, 0.3) is 0 Å². The van der Waals surface area contributed by atoms with Crippen LogP contribution in [-0.4, -0.2) is 18.6 Å². The van der Waals surface area contributed by atoms with Gasteiger partial charge in [-0.3, -0.25) is 4.90 Å². The van der Waals surface area contributed by atoms with Gasteiger partial charge in [-0.25, -0.2) is 0 Å². The lowest BCUT2D eigenvalue weighted by Gasteiger charge is -2.36. The Hall–Kier alpha value is -1.80. The van der Waals surface area contributed by atoms with Gasteiger partial charge in [0, 0.05) is 18.2 Å². The third-order valence-corrected chi connectivity index (χ3v) is 4.34. The second kappa shape index (κ2) is 6.77. The van der Waals surface area contributed by atoms with Crippen LogP contribution in [0.25, 0.3) is 0 Å². The molecule has 1 aliphatic heterocycles. The van der Waals surface area contributed by atoms with E-state index in [1.807, 2.05) is 6.07 Å². The number of methoxy groups -OCH3 is 1. The molecular weight excluding hydrogens is 258 g/mol. The van der Waals surface area contributed by atoms with Gasteiger partial charge in [-0.1, -0.05) is 55.0 Å². The van der Waals surface area contributed by atoms with Crippen molar-refractivity contribution in [1.29, 1.82) is 0 Å². The van der Waals surface area contributed by atoms with Crippen LogP contribution in [0.1, 0.15) is 36.4 Å². The van der Waals surface area contributed by atoms with Crippen molar-refractivity contribution in [2.45, 2.75) is 31.8 Å². The average molecular weight is 281 g/mol. The number of nitrogens with zero attached hydrogens (tertiary/aromatic N) is 1. The van der Waals surface area contributed by atoms with Gasteiger partial charge in [0.2, 0.25) is 0 Å². The number of ether oxygens (including phenoxy) is 1. The molecule has 0 bridgehead atoms. The first kappa shape index (κ1) is 14.2. The zero-order chi connectivity index (χ0) is 14.5. The third kappa shape index (κ3) is 3.27. The molecule has 2 heteroatoms. The molecule has 0 saturated carbocycles. The topological polar surface area (TPSA) is 12.5 Å². The Balaban J connectivity index is 1.84. The van der Waals surface area contributed by atoms with E-state index in [-0.39, 0.29) is 0 Å². The van der Waals surface area contributed by atoms with Crippen molar-refractivity contribution in [3.63, 3.8) is 0 Å². The summed E-state index contributed by atoms with van der Waals surface area (Å²) in [7, 11) is 1.77. The molecule has 0 radical (unpaired) electrons. The Morgan fingerprint density at radius 3 is 2.57 bits per heavy atom. The van der Waals surface area contributed by atoms with Gasteiger partial charge in [0.1, 0.15) is 5.75 Å². The molecule has 1 aliphatic rings. The van der Waals surface area contributed by atoms with Crippen LogP contribution in [-0.2, 0) is 6.54 Å². The molecule has 0 N–H and O–H groups in total. The average Bonchev–Trinajstić information content (AvgIpc) is 2.56. The highest BCUT2D eigenvalue weighted by Crippen LogP contribution is 2.36. The van der Waals surface area contributed by atoms with Crippen LogP contribution in [0.5, 0.6) is 5.75 Å². The van der Waals surface area contributed by atoms with E-state index >= 15 is 0 Å². The third-order valence-electron chi connectivity index (χ3n) is 4.34. The molecule has 0 unspecified atom stereocenters. The van der Waals surface area contributed by atoms with Crippen molar-refractivity contribution < 1.29 is 4.74 Å². The van der Waals surface area contributed by atoms with Gasteiger partial charge in [-0.05, 0) is 31.0 Å². The van der Waals surface area contributed by atoms with Gasteiger partial charge < -0.3 is 4.74 Å². The Morgan fingerprint density at radius 1 is 1.00 bits per heavy atom. The van der Waals surface area contributed by atoms with E-state index < -0.39 is 0 Å². The molecule has 0 spiro atoms. The molecule has 2 aromatic rings. The maximum atomic E-state index is 5.57. The molecule has 1 heterocycles. The minimum Gasteiger partial charge on any atom is -0.496 e. The monoisotopic (exact) mass is 281 g/mol. The summed E-state index contributed by atoms with van der Waals surface area (Å²) < 4.78 is 5.57. The molecular formula is C19H23NO. The summed E-state index contributed by atoms with van der Waals surface area (Å²) in [4.78, 5) is 2.59. The first-order valence-corrected chi connectivity index (χ1v) is 7.79. The van der Waals surface area contributed by atoms with Gasteiger partial charge in [-0.15, -0.1) is 0 Å². The fourth-order valence-electron chi connectivity index (χ4n) is 3.29. The number of rotatable bonds is 4. The smallest absolute Gasteiger partial charge is 0.123 e. The van der Waals surface area contributed by atoms with Crippen LogP contribution in [0.15, 0.2) is 54.6 Å². The van der Waals surface area contributed by atoms with E-state index in [2.05, 4.69) is 53.4 Å². The second-order valence-corrected chi connectivity index (χ2v) is 5.71. The van der Waals surface area contributed by atoms with E-state index in [0.717, 1.165) is 18.8 Å². The number of hydrogen-bond donors (Lipinski definition) is 0. The summed E-state index contributed by atoms with van der Waals surface area (Å²) in [5.41, 5.74) is 2.72. The van der Waals surface area contributed by atoms with Crippen LogP contribution in [0.3, 0.4) is 0 Å². The number of benzene rings is 2. The highest BCUT2D eigenvalue weighted by atomic mass is 16.5. The lowest BCUT2D eigenvalue weighted by Crippen LogP contribution is -2.33. The normalized spacial score (nSPS) is 19.4. The van der Waals surface area contributed by atoms with Gasteiger partial charge in [-0.2, -0.15) is 0 Å². The predicted octanol–water partition coefficient (Wildman–Crippen LogP) is 4.42. The van der Waals surface area contributed by atoms with Crippen molar-refractivity contribution in [3.8, 4) is 5.75 Å². The van der Waals surface area contributed by atoms with Crippen molar-refractivity contribution in [2.75, 3.05) is 13.7 Å². The summed E-state index contributed by atoms with van der Waals surface area (Å²) in [5.74, 6) is 1.02. The molecule has 1 fully saturated rings. The minimum atomic E-state index is 0.468. The molecule has 1 saturated heterocycles. The number of likely N-dealkylation sites (tertiary alicyclic amines) is 1. The standard InChI is InChI=1S/C19H23NO/c1-21-19-13-6-5-11-17(19)18-12-7-8-14-20(18)15-16-9-3-2-4-10-16/h2-6,9-11,13,18H,7-8,12,14-15H2,1H3/t18-/m1/s1. The number of para-hydroxylation sites is 1. The fraction of sp³-hybridized carbons (Fsp3) is 0.368. The summed E-state index contributed by atoms with van der Waals surface area (Å²) in [6.45, 7) is 2.18. The molecule has 0 aliphatic carbocycles. The SMILES string of the molecule is COc1ccccc1[C@H]1CCCCN1Cc1ccccc1. The zero-order valence-corrected chi connectivity index (χ0v) is 12.7. The molecule has 2 nitrogen and oxygen atoms in total. The Morgan fingerprint density at radius 2 is 1.76 bits per heavy atom. The van der Waals surface area contributed by atoms with Crippen LogP contribution >= 0.6 is 0 Å². The summed E-state index contributed by atoms with van der Waals surface area (Å²) in [6, 6.07) is 19.7. The Kier molecular flexibility index (Phi) is 4.56. The molecule has 21 heavy (non-hydrogen) atoms. The van der Waals surface area contributed by atoms with Crippen LogP contribution < -0.4 is 4.74 Å². The predicted molar refractivity (Wildman–Crippen MR) is 86.4 cm³/mol.